The fourth-order valence-electron chi connectivity index (χ4n) is 1.39. The van der Waals surface area contributed by atoms with Gasteiger partial charge in [-0.05, 0) is 12.5 Å². The van der Waals surface area contributed by atoms with Crippen LogP contribution in [0.25, 0.3) is 0 Å². The highest BCUT2D eigenvalue weighted by molar-refractivity contribution is 5.84. The van der Waals surface area contributed by atoms with Crippen molar-refractivity contribution in [2.24, 2.45) is 0 Å². The maximum absolute atomic E-state index is 11.5. The second-order valence-corrected chi connectivity index (χ2v) is 4.16. The van der Waals surface area contributed by atoms with Gasteiger partial charge in [0.2, 0.25) is 5.91 Å². The Morgan fingerprint density at radius 1 is 1.28 bits per heavy atom. The number of hydrogen-bond acceptors (Lipinski definition) is 3. The molecule has 0 bridgehead atoms. The number of likely N-dealkylation sites (N-methyl/N-ethyl adjacent to an activating group) is 1. The summed E-state index contributed by atoms with van der Waals surface area (Å²) in [6.45, 7) is 1.81. The lowest BCUT2D eigenvalue weighted by Crippen LogP contribution is -2.44. The van der Waals surface area contributed by atoms with E-state index in [0.29, 0.717) is 0 Å². The van der Waals surface area contributed by atoms with Crippen LogP contribution in [0.3, 0.4) is 0 Å². The number of nitrogens with one attached hydrogen (secondary N) is 1. The second-order valence-electron chi connectivity index (χ2n) is 4.16. The summed E-state index contributed by atoms with van der Waals surface area (Å²) in [7, 11) is 3.27. The van der Waals surface area contributed by atoms with Crippen LogP contribution in [0.4, 0.5) is 4.79 Å². The predicted molar refractivity (Wildman–Crippen MR) is 67.9 cm³/mol. The number of ether oxygens (including phenoxy) is 1. The molecule has 0 aliphatic carbocycles. The van der Waals surface area contributed by atoms with Crippen LogP contribution in [-0.4, -0.2) is 37.0 Å². The molecule has 0 aromatic heterocycles. The minimum absolute atomic E-state index is 0.174. The van der Waals surface area contributed by atoms with Gasteiger partial charge in [-0.3, -0.25) is 4.79 Å². The van der Waals surface area contributed by atoms with Gasteiger partial charge in [0.1, 0.15) is 12.6 Å². The molecule has 1 atom stereocenters. The molecule has 1 N–H and O–H groups in total. The molecule has 98 valence electrons. The van der Waals surface area contributed by atoms with E-state index in [1.165, 1.54) is 4.90 Å². The summed E-state index contributed by atoms with van der Waals surface area (Å²) in [6, 6.07) is 8.76. The van der Waals surface area contributed by atoms with E-state index >= 15 is 0 Å². The van der Waals surface area contributed by atoms with Crippen molar-refractivity contribution in [1.82, 2.24) is 10.2 Å². The highest BCUT2D eigenvalue weighted by atomic mass is 16.5. The Morgan fingerprint density at radius 2 is 1.89 bits per heavy atom. The van der Waals surface area contributed by atoms with E-state index in [-0.39, 0.29) is 12.5 Å². The van der Waals surface area contributed by atoms with Gasteiger partial charge in [-0.15, -0.1) is 0 Å². The first-order valence-electron chi connectivity index (χ1n) is 5.69. The van der Waals surface area contributed by atoms with Crippen molar-refractivity contribution < 1.29 is 14.3 Å². The van der Waals surface area contributed by atoms with Crippen LogP contribution < -0.4 is 5.32 Å². The van der Waals surface area contributed by atoms with Crippen LogP contribution in [0.1, 0.15) is 12.5 Å². The van der Waals surface area contributed by atoms with E-state index in [0.717, 1.165) is 5.56 Å². The van der Waals surface area contributed by atoms with Gasteiger partial charge in [0, 0.05) is 14.1 Å². The summed E-state index contributed by atoms with van der Waals surface area (Å²) >= 11 is 0. The zero-order chi connectivity index (χ0) is 13.5. The highest BCUT2D eigenvalue weighted by Gasteiger charge is 2.17. The second kappa shape index (κ2) is 6.64. The third-order valence-electron chi connectivity index (χ3n) is 2.36. The van der Waals surface area contributed by atoms with Crippen molar-refractivity contribution in [3.63, 3.8) is 0 Å². The fourth-order valence-corrected chi connectivity index (χ4v) is 1.39. The summed E-state index contributed by atoms with van der Waals surface area (Å²) in [5.74, 6) is -0.174. The Kier molecular flexibility index (Phi) is 5.17. The van der Waals surface area contributed by atoms with E-state index in [2.05, 4.69) is 5.32 Å². The van der Waals surface area contributed by atoms with Crippen molar-refractivity contribution in [3.05, 3.63) is 35.9 Å². The van der Waals surface area contributed by atoms with E-state index in [4.69, 9.17) is 4.74 Å². The lowest BCUT2D eigenvalue weighted by atomic mass is 10.2. The van der Waals surface area contributed by atoms with Crippen molar-refractivity contribution in [2.75, 3.05) is 14.1 Å². The molecule has 0 unspecified atom stereocenters. The molecule has 18 heavy (non-hydrogen) atoms. The van der Waals surface area contributed by atoms with E-state index in [1.807, 2.05) is 30.3 Å². The van der Waals surface area contributed by atoms with E-state index < -0.39 is 12.1 Å². The molecule has 0 fully saturated rings. The van der Waals surface area contributed by atoms with Crippen LogP contribution in [0.5, 0.6) is 0 Å². The number of carbonyl (C=O) groups is 2. The largest absolute Gasteiger partial charge is 0.445 e. The van der Waals surface area contributed by atoms with Crippen LogP contribution in [0.2, 0.25) is 0 Å². The number of amides is 2. The average molecular weight is 250 g/mol. The summed E-state index contributed by atoms with van der Waals surface area (Å²) in [5.41, 5.74) is 0.902. The summed E-state index contributed by atoms with van der Waals surface area (Å²) < 4.78 is 5.01. The van der Waals surface area contributed by atoms with Crippen molar-refractivity contribution in [1.29, 1.82) is 0 Å². The normalized spacial score (nSPS) is 11.5. The smallest absolute Gasteiger partial charge is 0.408 e. The first-order valence-corrected chi connectivity index (χ1v) is 5.69. The molecule has 5 nitrogen and oxygen atoms in total. The zero-order valence-electron chi connectivity index (χ0n) is 10.8. The minimum Gasteiger partial charge on any atom is -0.445 e. The number of alkyl carbamates (subject to hydrolysis) is 1. The van der Waals surface area contributed by atoms with Gasteiger partial charge < -0.3 is 15.0 Å². The van der Waals surface area contributed by atoms with Crippen molar-refractivity contribution >= 4 is 12.0 Å². The third kappa shape index (κ3) is 4.45. The lowest BCUT2D eigenvalue weighted by molar-refractivity contribution is -0.130. The summed E-state index contributed by atoms with van der Waals surface area (Å²) in [4.78, 5) is 24.4. The number of carbonyl (C=O) groups excluding carboxylic acids is 2. The Hall–Kier alpha value is -2.04. The van der Waals surface area contributed by atoms with E-state index in [9.17, 15) is 9.59 Å². The molecule has 5 heteroatoms. The molecule has 0 aliphatic heterocycles. The third-order valence-corrected chi connectivity index (χ3v) is 2.36. The fraction of sp³-hybridized carbons (Fsp3) is 0.385. The molecule has 0 saturated heterocycles. The molecule has 0 spiro atoms. The molecule has 1 aromatic carbocycles. The quantitative estimate of drug-likeness (QED) is 0.878. The van der Waals surface area contributed by atoms with Gasteiger partial charge >= 0.3 is 6.09 Å². The highest BCUT2D eigenvalue weighted by Crippen LogP contribution is 2.00. The first-order chi connectivity index (χ1) is 8.50. The molecule has 0 heterocycles. The molecular formula is C13H18N2O3. The van der Waals surface area contributed by atoms with Crippen LogP contribution in [0.15, 0.2) is 30.3 Å². The molecule has 0 aliphatic rings. The topological polar surface area (TPSA) is 58.6 Å². The standard InChI is InChI=1S/C13H18N2O3/c1-10(12(16)15(2)3)14-13(17)18-9-11-7-5-4-6-8-11/h4-8,10H,9H2,1-3H3,(H,14,17)/t10-/m0/s1. The van der Waals surface area contributed by atoms with Gasteiger partial charge in [-0.25, -0.2) is 4.79 Å². The van der Waals surface area contributed by atoms with Crippen molar-refractivity contribution in [2.45, 2.75) is 19.6 Å². The van der Waals surface area contributed by atoms with Gasteiger partial charge in [-0.1, -0.05) is 30.3 Å². The Labute approximate surface area is 107 Å². The maximum atomic E-state index is 11.5. The molecule has 1 aromatic rings. The predicted octanol–water partition coefficient (Wildman–Crippen LogP) is 1.39. The van der Waals surface area contributed by atoms with E-state index in [1.54, 1.807) is 21.0 Å². The lowest BCUT2D eigenvalue weighted by Gasteiger charge is -2.17. The SMILES string of the molecule is C[C@H](NC(=O)OCc1ccccc1)C(=O)N(C)C. The Balaban J connectivity index is 2.36. The Bertz CT molecular complexity index is 404. The van der Waals surface area contributed by atoms with Gasteiger partial charge in [-0.2, -0.15) is 0 Å². The van der Waals surface area contributed by atoms with Crippen LogP contribution in [0, 0.1) is 0 Å². The minimum atomic E-state index is -0.596. The summed E-state index contributed by atoms with van der Waals surface area (Å²) in [5, 5.41) is 2.48. The molecular weight excluding hydrogens is 232 g/mol. The number of nitrogens with zero attached hydrogens (tertiary/aromatic N) is 1. The molecule has 2 amide bonds. The van der Waals surface area contributed by atoms with Crippen molar-refractivity contribution in [3.8, 4) is 0 Å². The monoisotopic (exact) mass is 250 g/mol. The number of hydrogen-bond donors (Lipinski definition) is 1. The maximum Gasteiger partial charge on any atom is 0.408 e. The average Bonchev–Trinajstić information content (AvgIpc) is 2.36. The number of rotatable bonds is 4. The van der Waals surface area contributed by atoms with Gasteiger partial charge in [0.05, 0.1) is 0 Å². The molecule has 0 radical (unpaired) electrons. The van der Waals surface area contributed by atoms with Crippen LogP contribution >= 0.6 is 0 Å². The molecule has 0 saturated carbocycles. The van der Waals surface area contributed by atoms with Crippen LogP contribution in [-0.2, 0) is 16.1 Å². The summed E-state index contributed by atoms with van der Waals surface area (Å²) in [6.07, 6.45) is -0.596. The number of benzene rings is 1. The first kappa shape index (κ1) is 14.0. The molecule has 1 rings (SSSR count). The van der Waals surface area contributed by atoms with Gasteiger partial charge in [0.15, 0.2) is 0 Å². The zero-order valence-corrected chi connectivity index (χ0v) is 10.8. The van der Waals surface area contributed by atoms with Gasteiger partial charge in [0.25, 0.3) is 0 Å². The Morgan fingerprint density at radius 3 is 2.44 bits per heavy atom.